The van der Waals surface area contributed by atoms with E-state index >= 15 is 0 Å². The van der Waals surface area contributed by atoms with E-state index in [1.807, 2.05) is 57.2 Å². The molecule has 5 nitrogen and oxygen atoms in total. The third-order valence-corrected chi connectivity index (χ3v) is 5.42. The van der Waals surface area contributed by atoms with Crippen LogP contribution in [-0.4, -0.2) is 17.0 Å². The monoisotopic (exact) mass is 406 g/mol. The Morgan fingerprint density at radius 2 is 1.97 bits per heavy atom. The SMILES string of the molecule is Cc1ccc2nc(N(Cc3ccco3)C(=O)c3ccc(OC(C)C)cc3)sc2c1. The minimum Gasteiger partial charge on any atom is -0.491 e. The first-order valence-corrected chi connectivity index (χ1v) is 10.3. The van der Waals surface area contributed by atoms with Crippen molar-refractivity contribution in [1.29, 1.82) is 0 Å². The smallest absolute Gasteiger partial charge is 0.260 e. The number of carbonyl (C=O) groups excluding carboxylic acids is 1. The highest BCUT2D eigenvalue weighted by atomic mass is 32.1. The van der Waals surface area contributed by atoms with Gasteiger partial charge in [-0.05, 0) is 74.9 Å². The van der Waals surface area contributed by atoms with E-state index in [9.17, 15) is 4.79 Å². The van der Waals surface area contributed by atoms with E-state index in [2.05, 4.69) is 6.07 Å². The normalized spacial score (nSPS) is 11.2. The lowest BCUT2D eigenvalue weighted by atomic mass is 10.2. The third-order valence-electron chi connectivity index (χ3n) is 4.38. The van der Waals surface area contributed by atoms with Crippen molar-refractivity contribution >= 4 is 32.6 Å². The Kier molecular flexibility index (Phi) is 5.36. The largest absolute Gasteiger partial charge is 0.491 e. The second-order valence-electron chi connectivity index (χ2n) is 7.13. The van der Waals surface area contributed by atoms with Crippen molar-refractivity contribution in [3.8, 4) is 5.75 Å². The Balaban J connectivity index is 1.68. The van der Waals surface area contributed by atoms with Crippen molar-refractivity contribution in [1.82, 2.24) is 4.98 Å². The molecule has 4 aromatic rings. The lowest BCUT2D eigenvalue weighted by molar-refractivity contribution is 0.0983. The molecule has 0 spiro atoms. The van der Waals surface area contributed by atoms with Crippen LogP contribution in [0.3, 0.4) is 0 Å². The molecule has 0 aliphatic heterocycles. The molecule has 0 aliphatic carbocycles. The van der Waals surface area contributed by atoms with Crippen LogP contribution in [0.2, 0.25) is 0 Å². The van der Waals surface area contributed by atoms with Gasteiger partial charge < -0.3 is 9.15 Å². The Hall–Kier alpha value is -3.12. The molecule has 0 bridgehead atoms. The molecule has 0 saturated carbocycles. The van der Waals surface area contributed by atoms with E-state index in [1.54, 1.807) is 23.3 Å². The van der Waals surface area contributed by atoms with Gasteiger partial charge in [-0.25, -0.2) is 4.98 Å². The predicted octanol–water partition coefficient (Wildman–Crippen LogP) is 5.83. The number of rotatable bonds is 6. The van der Waals surface area contributed by atoms with Gasteiger partial charge in [0.15, 0.2) is 5.13 Å². The van der Waals surface area contributed by atoms with Gasteiger partial charge in [-0.15, -0.1) is 0 Å². The second kappa shape index (κ2) is 8.09. The van der Waals surface area contributed by atoms with Crippen LogP contribution in [-0.2, 0) is 6.54 Å². The molecule has 148 valence electrons. The Morgan fingerprint density at radius 3 is 2.66 bits per heavy atom. The maximum atomic E-state index is 13.4. The van der Waals surface area contributed by atoms with Gasteiger partial charge in [0.25, 0.3) is 5.91 Å². The molecular weight excluding hydrogens is 384 g/mol. The minimum atomic E-state index is -0.131. The molecule has 0 aliphatic rings. The number of fused-ring (bicyclic) bond motifs is 1. The number of anilines is 1. The van der Waals surface area contributed by atoms with Crippen molar-refractivity contribution < 1.29 is 13.9 Å². The summed E-state index contributed by atoms with van der Waals surface area (Å²) in [4.78, 5) is 19.7. The Morgan fingerprint density at radius 1 is 1.17 bits per heavy atom. The molecule has 1 amide bonds. The van der Waals surface area contributed by atoms with Crippen molar-refractivity contribution in [2.24, 2.45) is 0 Å². The lowest BCUT2D eigenvalue weighted by Gasteiger charge is -2.19. The first-order valence-electron chi connectivity index (χ1n) is 9.48. The zero-order valence-electron chi connectivity index (χ0n) is 16.6. The standard InChI is InChI=1S/C23H22N2O3S/c1-15(2)28-18-9-7-17(8-10-18)22(26)25(14-19-5-4-12-27-19)23-24-20-11-6-16(3)13-21(20)29-23/h4-13,15H,14H2,1-3H3. The van der Waals surface area contributed by atoms with E-state index in [-0.39, 0.29) is 12.0 Å². The number of aryl methyl sites for hydroxylation is 1. The highest BCUT2D eigenvalue weighted by molar-refractivity contribution is 7.22. The van der Waals surface area contributed by atoms with E-state index in [0.29, 0.717) is 23.0 Å². The van der Waals surface area contributed by atoms with Gasteiger partial charge in [0.2, 0.25) is 0 Å². The molecule has 0 unspecified atom stereocenters. The average Bonchev–Trinajstić information content (AvgIpc) is 3.34. The fraction of sp³-hybridized carbons (Fsp3) is 0.217. The van der Waals surface area contributed by atoms with Crippen LogP contribution in [0.1, 0.15) is 35.5 Å². The third kappa shape index (κ3) is 4.32. The predicted molar refractivity (Wildman–Crippen MR) is 116 cm³/mol. The maximum absolute atomic E-state index is 13.4. The van der Waals surface area contributed by atoms with E-state index in [1.165, 1.54) is 11.3 Å². The number of hydrogen-bond acceptors (Lipinski definition) is 5. The molecule has 6 heteroatoms. The van der Waals surface area contributed by atoms with Crippen LogP contribution in [0.25, 0.3) is 10.2 Å². The zero-order chi connectivity index (χ0) is 20.4. The van der Waals surface area contributed by atoms with Crippen LogP contribution in [0.4, 0.5) is 5.13 Å². The van der Waals surface area contributed by atoms with Gasteiger partial charge in [0.1, 0.15) is 11.5 Å². The fourth-order valence-corrected chi connectivity index (χ4v) is 4.09. The number of furan rings is 1. The number of benzene rings is 2. The number of carbonyl (C=O) groups is 1. The van der Waals surface area contributed by atoms with Gasteiger partial charge in [0, 0.05) is 5.56 Å². The second-order valence-corrected chi connectivity index (χ2v) is 8.14. The van der Waals surface area contributed by atoms with E-state index < -0.39 is 0 Å². The van der Waals surface area contributed by atoms with Crippen molar-refractivity contribution in [3.05, 3.63) is 77.7 Å². The summed E-state index contributed by atoms with van der Waals surface area (Å²) in [6.45, 7) is 6.30. The Bertz CT molecular complexity index is 1110. The van der Waals surface area contributed by atoms with Crippen LogP contribution < -0.4 is 9.64 Å². The zero-order valence-corrected chi connectivity index (χ0v) is 17.4. The number of ether oxygens (including phenoxy) is 1. The first kappa shape index (κ1) is 19.2. The van der Waals surface area contributed by atoms with Gasteiger partial charge in [0.05, 0.1) is 29.1 Å². The first-order chi connectivity index (χ1) is 14.0. The van der Waals surface area contributed by atoms with Crippen LogP contribution >= 0.6 is 11.3 Å². The molecule has 0 saturated heterocycles. The molecule has 0 fully saturated rings. The number of amides is 1. The molecule has 0 atom stereocenters. The summed E-state index contributed by atoms with van der Waals surface area (Å²) in [5.74, 6) is 1.31. The van der Waals surface area contributed by atoms with Gasteiger partial charge in [-0.1, -0.05) is 17.4 Å². The van der Waals surface area contributed by atoms with Crippen LogP contribution in [0.5, 0.6) is 5.75 Å². The summed E-state index contributed by atoms with van der Waals surface area (Å²) in [6.07, 6.45) is 1.69. The molecule has 0 N–H and O–H groups in total. The highest BCUT2D eigenvalue weighted by Crippen LogP contribution is 2.31. The number of thiazole rings is 1. The summed E-state index contributed by atoms with van der Waals surface area (Å²) in [7, 11) is 0. The van der Waals surface area contributed by atoms with E-state index in [0.717, 1.165) is 21.5 Å². The summed E-state index contributed by atoms with van der Waals surface area (Å²) in [5, 5.41) is 0.648. The van der Waals surface area contributed by atoms with Gasteiger partial charge >= 0.3 is 0 Å². The average molecular weight is 407 g/mol. The number of nitrogens with zero attached hydrogens (tertiary/aromatic N) is 2. The topological polar surface area (TPSA) is 55.6 Å². The maximum Gasteiger partial charge on any atom is 0.260 e. The lowest BCUT2D eigenvalue weighted by Crippen LogP contribution is -2.30. The Labute approximate surface area is 173 Å². The molecule has 29 heavy (non-hydrogen) atoms. The number of aromatic nitrogens is 1. The molecule has 4 rings (SSSR count). The van der Waals surface area contributed by atoms with Crippen LogP contribution in [0, 0.1) is 6.92 Å². The summed E-state index contributed by atoms with van der Waals surface area (Å²) in [5.41, 5.74) is 2.62. The van der Waals surface area contributed by atoms with Crippen molar-refractivity contribution in [2.45, 2.75) is 33.4 Å². The van der Waals surface area contributed by atoms with Crippen molar-refractivity contribution in [2.75, 3.05) is 4.90 Å². The summed E-state index contributed by atoms with van der Waals surface area (Å²) >= 11 is 1.50. The molecule has 2 heterocycles. The van der Waals surface area contributed by atoms with E-state index in [4.69, 9.17) is 14.1 Å². The van der Waals surface area contributed by atoms with Gasteiger partial charge in [-0.2, -0.15) is 0 Å². The molecular formula is C23H22N2O3S. The fourth-order valence-electron chi connectivity index (χ4n) is 3.02. The summed E-state index contributed by atoms with van der Waals surface area (Å²) < 4.78 is 12.2. The highest BCUT2D eigenvalue weighted by Gasteiger charge is 2.23. The van der Waals surface area contributed by atoms with Crippen LogP contribution in [0.15, 0.2) is 65.3 Å². The number of hydrogen-bond donors (Lipinski definition) is 0. The summed E-state index contributed by atoms with van der Waals surface area (Å²) in [6, 6.07) is 17.0. The minimum absolute atomic E-state index is 0.0817. The van der Waals surface area contributed by atoms with Gasteiger partial charge in [-0.3, -0.25) is 9.69 Å². The quantitative estimate of drug-likeness (QED) is 0.404. The molecule has 2 aromatic heterocycles. The molecule has 0 radical (unpaired) electrons. The van der Waals surface area contributed by atoms with Crippen molar-refractivity contribution in [3.63, 3.8) is 0 Å². The molecule has 2 aromatic carbocycles.